The van der Waals surface area contributed by atoms with Crippen molar-refractivity contribution < 1.29 is 24.2 Å². The SMILES string of the molecule is CS[C@@H]1C[C@@H](C(=O)O)N(C(=O)CNC(=O)OC(C)(C)C)C1. The van der Waals surface area contributed by atoms with E-state index in [9.17, 15) is 14.4 Å². The van der Waals surface area contributed by atoms with Crippen LogP contribution in [0.2, 0.25) is 0 Å². The van der Waals surface area contributed by atoms with Crippen LogP contribution >= 0.6 is 11.8 Å². The fourth-order valence-electron chi connectivity index (χ4n) is 2.04. The van der Waals surface area contributed by atoms with Gasteiger partial charge in [0.2, 0.25) is 5.91 Å². The second kappa shape index (κ2) is 7.02. The van der Waals surface area contributed by atoms with Gasteiger partial charge < -0.3 is 20.1 Å². The summed E-state index contributed by atoms with van der Waals surface area (Å²) in [6.45, 7) is 5.28. The summed E-state index contributed by atoms with van der Waals surface area (Å²) in [6.07, 6.45) is 1.62. The van der Waals surface area contributed by atoms with Crippen LogP contribution in [-0.4, -0.2) is 64.2 Å². The third-order valence-corrected chi connectivity index (χ3v) is 3.99. The van der Waals surface area contributed by atoms with Gasteiger partial charge in [0.15, 0.2) is 0 Å². The number of aliphatic carboxylic acids is 1. The van der Waals surface area contributed by atoms with Crippen LogP contribution in [0.5, 0.6) is 0 Å². The molecule has 7 nitrogen and oxygen atoms in total. The topological polar surface area (TPSA) is 95.9 Å². The van der Waals surface area contributed by atoms with E-state index in [0.717, 1.165) is 0 Å². The summed E-state index contributed by atoms with van der Waals surface area (Å²) in [5, 5.41) is 11.6. The molecule has 1 aliphatic rings. The Hall–Kier alpha value is -1.44. The lowest BCUT2D eigenvalue weighted by Gasteiger charge is -2.23. The second-order valence-corrected chi connectivity index (χ2v) is 6.99. The number of ether oxygens (including phenoxy) is 1. The molecule has 1 rings (SSSR count). The summed E-state index contributed by atoms with van der Waals surface area (Å²) in [4.78, 5) is 36.1. The van der Waals surface area contributed by atoms with Crippen molar-refractivity contribution in [3.63, 3.8) is 0 Å². The van der Waals surface area contributed by atoms with Crippen molar-refractivity contribution >= 4 is 29.7 Å². The number of nitrogens with one attached hydrogen (secondary N) is 1. The number of thioether (sulfide) groups is 1. The molecule has 0 aliphatic carbocycles. The van der Waals surface area contributed by atoms with Crippen LogP contribution in [0.4, 0.5) is 4.79 Å². The van der Waals surface area contributed by atoms with Gasteiger partial charge in [0.25, 0.3) is 0 Å². The van der Waals surface area contributed by atoms with Crippen LogP contribution in [0.1, 0.15) is 27.2 Å². The molecule has 1 heterocycles. The third kappa shape index (κ3) is 5.45. The molecule has 0 spiro atoms. The van der Waals surface area contributed by atoms with Crippen LogP contribution in [0, 0.1) is 0 Å². The summed E-state index contributed by atoms with van der Waals surface area (Å²) in [7, 11) is 0. The summed E-state index contributed by atoms with van der Waals surface area (Å²) in [5.74, 6) is -1.43. The number of carboxylic acid groups (broad SMARTS) is 1. The molecule has 0 unspecified atom stereocenters. The predicted octanol–water partition coefficient (Wildman–Crippen LogP) is 0.928. The Bertz CT molecular complexity index is 421. The first-order chi connectivity index (χ1) is 9.64. The number of carboxylic acids is 1. The fraction of sp³-hybridized carbons (Fsp3) is 0.769. The minimum absolute atomic E-state index is 0.108. The van der Waals surface area contributed by atoms with Gasteiger partial charge in [-0.15, -0.1) is 0 Å². The zero-order valence-electron chi connectivity index (χ0n) is 12.7. The molecular weight excluding hydrogens is 296 g/mol. The van der Waals surface area contributed by atoms with Crippen molar-refractivity contribution in [3.8, 4) is 0 Å². The van der Waals surface area contributed by atoms with Gasteiger partial charge in [-0.1, -0.05) is 0 Å². The molecule has 1 fully saturated rings. The Morgan fingerprint density at radius 2 is 2.00 bits per heavy atom. The van der Waals surface area contributed by atoms with E-state index in [2.05, 4.69) is 5.32 Å². The summed E-state index contributed by atoms with van der Waals surface area (Å²) in [6, 6.07) is -0.824. The average Bonchev–Trinajstić information content (AvgIpc) is 2.78. The first-order valence-electron chi connectivity index (χ1n) is 6.66. The van der Waals surface area contributed by atoms with Crippen LogP contribution in [0.3, 0.4) is 0 Å². The number of alkyl carbamates (subject to hydrolysis) is 1. The highest BCUT2D eigenvalue weighted by Gasteiger charge is 2.39. The normalized spacial score (nSPS) is 22.0. The monoisotopic (exact) mass is 318 g/mol. The molecule has 0 aromatic heterocycles. The first-order valence-corrected chi connectivity index (χ1v) is 7.94. The maximum atomic E-state index is 12.1. The maximum Gasteiger partial charge on any atom is 0.408 e. The average molecular weight is 318 g/mol. The fourth-order valence-corrected chi connectivity index (χ4v) is 2.73. The number of carbonyl (C=O) groups excluding carboxylic acids is 2. The van der Waals surface area contributed by atoms with Gasteiger partial charge in [0.1, 0.15) is 18.2 Å². The van der Waals surface area contributed by atoms with Gasteiger partial charge in [-0.2, -0.15) is 11.8 Å². The van der Waals surface area contributed by atoms with Crippen LogP contribution < -0.4 is 5.32 Å². The molecule has 1 saturated heterocycles. The van der Waals surface area contributed by atoms with Crippen molar-refractivity contribution in [1.82, 2.24) is 10.2 Å². The highest BCUT2D eigenvalue weighted by atomic mass is 32.2. The molecule has 21 heavy (non-hydrogen) atoms. The lowest BCUT2D eigenvalue weighted by atomic mass is 10.2. The van der Waals surface area contributed by atoms with E-state index in [1.54, 1.807) is 20.8 Å². The first kappa shape index (κ1) is 17.6. The Labute approximate surface area is 128 Å². The van der Waals surface area contributed by atoms with Crippen molar-refractivity contribution in [2.24, 2.45) is 0 Å². The molecule has 0 bridgehead atoms. The highest BCUT2D eigenvalue weighted by Crippen LogP contribution is 2.26. The largest absolute Gasteiger partial charge is 0.480 e. The van der Waals surface area contributed by atoms with Gasteiger partial charge >= 0.3 is 12.1 Å². The molecule has 0 aromatic carbocycles. The molecule has 2 amide bonds. The molecule has 2 atom stereocenters. The quantitative estimate of drug-likeness (QED) is 0.800. The third-order valence-electron chi connectivity index (χ3n) is 2.98. The van der Waals surface area contributed by atoms with E-state index in [1.807, 2.05) is 6.26 Å². The lowest BCUT2D eigenvalue weighted by molar-refractivity contribution is -0.147. The number of amides is 2. The van der Waals surface area contributed by atoms with Crippen molar-refractivity contribution in [3.05, 3.63) is 0 Å². The minimum Gasteiger partial charge on any atom is -0.480 e. The Balaban J connectivity index is 2.54. The Kier molecular flexibility index (Phi) is 5.88. The van der Waals surface area contributed by atoms with E-state index in [1.165, 1.54) is 16.7 Å². The van der Waals surface area contributed by atoms with Crippen molar-refractivity contribution in [1.29, 1.82) is 0 Å². The Morgan fingerprint density at radius 3 is 2.48 bits per heavy atom. The standard InChI is InChI=1S/C13H22N2O5S/c1-13(2,3)20-12(19)14-6-10(16)15-7-8(21-4)5-9(15)11(17)18/h8-9H,5-7H2,1-4H3,(H,14,19)(H,17,18)/t8-,9+/m1/s1. The van der Waals surface area contributed by atoms with Gasteiger partial charge in [0.05, 0.1) is 0 Å². The van der Waals surface area contributed by atoms with Gasteiger partial charge in [0, 0.05) is 11.8 Å². The van der Waals surface area contributed by atoms with Crippen LogP contribution in [-0.2, 0) is 14.3 Å². The van der Waals surface area contributed by atoms with Gasteiger partial charge in [-0.25, -0.2) is 9.59 Å². The number of carbonyl (C=O) groups is 3. The number of hydrogen-bond acceptors (Lipinski definition) is 5. The van der Waals surface area contributed by atoms with Crippen LogP contribution in [0.15, 0.2) is 0 Å². The summed E-state index contributed by atoms with van der Waals surface area (Å²) < 4.78 is 5.03. The smallest absolute Gasteiger partial charge is 0.408 e. The number of hydrogen-bond donors (Lipinski definition) is 2. The molecule has 0 saturated carbocycles. The molecule has 2 N–H and O–H groups in total. The lowest BCUT2D eigenvalue weighted by Crippen LogP contribution is -2.46. The van der Waals surface area contributed by atoms with Crippen molar-refractivity contribution in [2.75, 3.05) is 19.3 Å². The van der Waals surface area contributed by atoms with E-state index in [-0.39, 0.29) is 11.8 Å². The number of nitrogens with zero attached hydrogens (tertiary/aromatic N) is 1. The van der Waals surface area contributed by atoms with E-state index >= 15 is 0 Å². The minimum atomic E-state index is -1.02. The molecule has 8 heteroatoms. The molecule has 1 aliphatic heterocycles. The zero-order chi connectivity index (χ0) is 16.2. The van der Waals surface area contributed by atoms with Gasteiger partial charge in [-0.3, -0.25) is 4.79 Å². The van der Waals surface area contributed by atoms with Crippen molar-refractivity contribution in [2.45, 2.75) is 44.1 Å². The molecule has 120 valence electrons. The number of rotatable bonds is 4. The highest BCUT2D eigenvalue weighted by molar-refractivity contribution is 7.99. The summed E-state index contributed by atoms with van der Waals surface area (Å²) >= 11 is 1.54. The maximum absolute atomic E-state index is 12.1. The van der Waals surface area contributed by atoms with E-state index < -0.39 is 29.6 Å². The van der Waals surface area contributed by atoms with E-state index in [4.69, 9.17) is 9.84 Å². The van der Waals surface area contributed by atoms with E-state index in [0.29, 0.717) is 13.0 Å². The zero-order valence-corrected chi connectivity index (χ0v) is 13.5. The predicted molar refractivity (Wildman–Crippen MR) is 79.3 cm³/mol. The molecule has 0 aromatic rings. The molecular formula is C13H22N2O5S. The number of likely N-dealkylation sites (tertiary alicyclic amines) is 1. The molecule has 0 radical (unpaired) electrons. The Morgan fingerprint density at radius 1 is 1.38 bits per heavy atom. The second-order valence-electron chi connectivity index (χ2n) is 5.85. The van der Waals surface area contributed by atoms with Gasteiger partial charge in [-0.05, 0) is 33.4 Å². The summed E-state index contributed by atoms with van der Waals surface area (Å²) in [5.41, 5.74) is -0.645. The van der Waals surface area contributed by atoms with Crippen LogP contribution in [0.25, 0.3) is 0 Å².